The number of hydrogen-bond acceptors (Lipinski definition) is 10. The van der Waals surface area contributed by atoms with Crippen LogP contribution in [0.3, 0.4) is 0 Å². The number of nitrogens with zero attached hydrogens (tertiary/aromatic N) is 1. The van der Waals surface area contributed by atoms with Gasteiger partial charge in [0.1, 0.15) is 80.8 Å². The van der Waals surface area contributed by atoms with E-state index in [4.69, 9.17) is 14.2 Å². The Hall–Kier alpha value is -2.70. The lowest BCUT2D eigenvalue weighted by molar-refractivity contribution is -0.437. The van der Waals surface area contributed by atoms with Crippen molar-refractivity contribution in [3.8, 4) is 11.5 Å². The Morgan fingerprint density at radius 1 is 1.00 bits per heavy atom. The number of thiol groups is 1. The van der Waals surface area contributed by atoms with Crippen LogP contribution >= 0.6 is 48.5 Å². The molecule has 7 nitrogen and oxygen atoms in total. The van der Waals surface area contributed by atoms with E-state index in [9.17, 15) is 9.59 Å². The molecule has 3 rings (SSSR count). The van der Waals surface area contributed by atoms with Crippen LogP contribution in [0.2, 0.25) is 0 Å². The maximum Gasteiger partial charge on any atom is 0.330 e. The lowest BCUT2D eigenvalue weighted by atomic mass is 10.2. The lowest BCUT2D eigenvalue weighted by Crippen LogP contribution is -2.13. The Morgan fingerprint density at radius 3 is 2.18 bits per heavy atom. The highest BCUT2D eigenvalue weighted by Crippen LogP contribution is 2.55. The molecule has 1 aliphatic rings. The first-order valence-corrected chi connectivity index (χ1v) is 14.6. The van der Waals surface area contributed by atoms with Crippen LogP contribution in [0.4, 0.5) is 0 Å². The lowest BCUT2D eigenvalue weighted by Gasteiger charge is -2.19. The molecule has 1 atom stereocenters. The fourth-order valence-corrected chi connectivity index (χ4v) is 6.38. The summed E-state index contributed by atoms with van der Waals surface area (Å²) >= 11 is 9.76. The van der Waals surface area contributed by atoms with Crippen molar-refractivity contribution in [3.63, 3.8) is 0 Å². The molecule has 2 aromatic carbocycles. The van der Waals surface area contributed by atoms with E-state index in [1.54, 1.807) is 41.9 Å². The number of carbonyl (C=O) groups excluding carboxylic acids is 2. The molecular weight excluding hydrogens is 575 g/mol. The fourth-order valence-electron chi connectivity index (χ4n) is 2.80. The van der Waals surface area contributed by atoms with Crippen molar-refractivity contribution in [2.45, 2.75) is 6.92 Å². The number of hydrogen-bond donors (Lipinski definition) is 1. The van der Waals surface area contributed by atoms with Crippen molar-refractivity contribution in [1.82, 2.24) is 0 Å². The largest absolute Gasteiger partial charge is 0.490 e. The highest BCUT2D eigenvalue weighted by molar-refractivity contribution is 8.25. The molecule has 0 radical (unpaired) electrons. The Labute approximate surface area is 248 Å². The second kappa shape index (κ2) is 17.8. The quantitative estimate of drug-likeness (QED) is 0.0352. The zero-order valence-corrected chi connectivity index (χ0v) is 25.2. The zero-order chi connectivity index (χ0) is 28.5. The van der Waals surface area contributed by atoms with Crippen molar-refractivity contribution < 1.29 is 31.2 Å². The van der Waals surface area contributed by atoms with Crippen LogP contribution in [0.5, 0.6) is 11.5 Å². The van der Waals surface area contributed by atoms with Crippen molar-refractivity contribution in [2.24, 2.45) is 0 Å². The highest BCUT2D eigenvalue weighted by atomic mass is 32.3. The normalized spacial score (nSPS) is 16.2. The summed E-state index contributed by atoms with van der Waals surface area (Å²) < 4.78 is 21.3. The number of esters is 1. The first kappa shape index (κ1) is 32.5. The smallest absolute Gasteiger partial charge is 0.330 e. The van der Waals surface area contributed by atoms with E-state index >= 15 is 0 Å². The van der Waals surface area contributed by atoms with Gasteiger partial charge in [0, 0.05) is 16.4 Å². The van der Waals surface area contributed by atoms with Crippen molar-refractivity contribution >= 4 is 70.7 Å². The summed E-state index contributed by atoms with van der Waals surface area (Å²) in [5, 5.41) is 4.18. The number of rotatable bonds is 14. The minimum Gasteiger partial charge on any atom is -0.490 e. The van der Waals surface area contributed by atoms with E-state index in [0.717, 1.165) is 27.0 Å². The van der Waals surface area contributed by atoms with E-state index in [1.807, 2.05) is 60.9 Å². The molecule has 0 amide bonds. The molecule has 1 heterocycles. The second-order valence-electron chi connectivity index (χ2n) is 7.55. The number of benzene rings is 2. The summed E-state index contributed by atoms with van der Waals surface area (Å²) in [5.41, 5.74) is 2.08. The predicted molar refractivity (Wildman–Crippen MR) is 167 cm³/mol. The molecular formula is C28H32NO6S4+. The molecule has 11 heteroatoms. The molecule has 1 aliphatic heterocycles. The van der Waals surface area contributed by atoms with Crippen molar-refractivity contribution in [2.75, 3.05) is 33.5 Å². The molecule has 0 aromatic heterocycles. The van der Waals surface area contributed by atoms with Crippen LogP contribution in [0.1, 0.15) is 18.1 Å². The van der Waals surface area contributed by atoms with E-state index in [2.05, 4.69) is 43.0 Å². The van der Waals surface area contributed by atoms with Gasteiger partial charge < -0.3 is 18.9 Å². The molecule has 0 saturated carbocycles. The van der Waals surface area contributed by atoms with Gasteiger partial charge in [-0.3, -0.25) is 4.79 Å². The Kier molecular flexibility index (Phi) is 14.8. The van der Waals surface area contributed by atoms with Gasteiger partial charge in [0.15, 0.2) is 0 Å². The fraction of sp³-hybridized carbons (Fsp3) is 0.214. The van der Waals surface area contributed by atoms with Gasteiger partial charge in [-0.05, 0) is 54.4 Å². The van der Waals surface area contributed by atoms with E-state index in [0.29, 0.717) is 27.3 Å². The van der Waals surface area contributed by atoms with Crippen molar-refractivity contribution in [1.29, 1.82) is 0 Å². The first-order valence-electron chi connectivity index (χ1n) is 11.7. The van der Waals surface area contributed by atoms with Crippen LogP contribution in [0.15, 0.2) is 84.7 Å². The van der Waals surface area contributed by atoms with Gasteiger partial charge >= 0.3 is 5.97 Å². The topological polar surface area (TPSA) is 71.1 Å². The van der Waals surface area contributed by atoms with Gasteiger partial charge in [-0.15, -0.1) is 21.9 Å². The van der Waals surface area contributed by atoms with Crippen LogP contribution in [0, 0.1) is 0 Å². The van der Waals surface area contributed by atoms with Gasteiger partial charge in [-0.2, -0.15) is 0 Å². The summed E-state index contributed by atoms with van der Waals surface area (Å²) in [6.45, 7) is 9.99. The summed E-state index contributed by atoms with van der Waals surface area (Å²) in [4.78, 5) is 23.2. The molecule has 0 saturated heterocycles. The van der Waals surface area contributed by atoms with Crippen molar-refractivity contribution in [3.05, 3.63) is 95.8 Å². The molecule has 0 spiro atoms. The first-order chi connectivity index (χ1) is 18.8. The molecule has 1 unspecified atom stereocenters. The summed E-state index contributed by atoms with van der Waals surface area (Å²) in [6.07, 6.45) is 2.88. The number of ether oxygens (including phenoxy) is 4. The van der Waals surface area contributed by atoms with E-state index in [1.165, 1.54) is 0 Å². The minimum atomic E-state index is -0.461. The standard InChI is InChI=1S/C25H25NO6S4.C3H6/c1-3-25(28)32-15-14-31-22-10-6-20(7-11-22)24-17-35-26(2,36-24)34-16-23(33)19-4-8-21(9-5-19)30-13-12-29-18-27;1-3-2/h3-11,16-18H,1,12-15H2,2H3;3H,1H2,2H3/p+1/b23-16-;. The van der Waals surface area contributed by atoms with Crippen LogP contribution < -0.4 is 9.47 Å². The van der Waals surface area contributed by atoms with Gasteiger partial charge in [-0.25, -0.2) is 4.79 Å². The van der Waals surface area contributed by atoms with Gasteiger partial charge in [0.25, 0.3) is 6.47 Å². The second-order valence-corrected chi connectivity index (χ2v) is 12.4. The summed E-state index contributed by atoms with van der Waals surface area (Å²) in [5.74, 6) is 0.954. The van der Waals surface area contributed by atoms with Gasteiger partial charge in [0.2, 0.25) is 0 Å². The Morgan fingerprint density at radius 2 is 1.59 bits per heavy atom. The van der Waals surface area contributed by atoms with Gasteiger partial charge in [0.05, 0.1) is 10.3 Å². The Bertz CT molecular complexity index is 1150. The molecule has 0 N–H and O–H groups in total. The molecule has 0 fully saturated rings. The third-order valence-electron chi connectivity index (χ3n) is 4.56. The monoisotopic (exact) mass is 606 g/mol. The molecule has 208 valence electrons. The van der Waals surface area contributed by atoms with Crippen LogP contribution in [-0.2, 0) is 19.1 Å². The van der Waals surface area contributed by atoms with Crippen LogP contribution in [-0.4, -0.2) is 48.6 Å². The molecule has 2 aromatic rings. The third kappa shape index (κ3) is 11.9. The SMILES string of the molecule is C=CC.C=CC(=O)OCCOc1ccc(C2=CS[N+](C)(S/C=C(\S)c3ccc(OCCOC=O)cc3)S2)cc1. The number of allylic oxidation sites excluding steroid dienone is 1. The Balaban J connectivity index is 0.00000170. The average Bonchev–Trinajstić information content (AvgIpc) is 3.35. The summed E-state index contributed by atoms with van der Waals surface area (Å²) in [6, 6.07) is 15.4. The maximum absolute atomic E-state index is 11.1. The zero-order valence-electron chi connectivity index (χ0n) is 21.8. The third-order valence-corrected chi connectivity index (χ3v) is 9.08. The maximum atomic E-state index is 11.1. The number of quaternary nitrogens is 1. The molecule has 39 heavy (non-hydrogen) atoms. The van der Waals surface area contributed by atoms with Gasteiger partial charge in [-0.1, -0.05) is 24.8 Å². The average molecular weight is 607 g/mol. The van der Waals surface area contributed by atoms with Crippen LogP contribution in [0.25, 0.3) is 9.81 Å². The summed E-state index contributed by atoms with van der Waals surface area (Å²) in [7, 11) is 2.13. The predicted octanol–water partition coefficient (Wildman–Crippen LogP) is 7.17. The van der Waals surface area contributed by atoms with E-state index in [-0.39, 0.29) is 19.8 Å². The molecule has 0 bridgehead atoms. The number of carbonyl (C=O) groups is 2. The highest BCUT2D eigenvalue weighted by Gasteiger charge is 2.35. The minimum absolute atomic E-state index is 0.174. The van der Waals surface area contributed by atoms with E-state index < -0.39 is 5.97 Å². The molecule has 0 aliphatic carbocycles.